The van der Waals surface area contributed by atoms with Gasteiger partial charge in [-0.3, -0.25) is 9.69 Å². The summed E-state index contributed by atoms with van der Waals surface area (Å²) < 4.78 is 5.46. The molecule has 0 unspecified atom stereocenters. The molecule has 2 aliphatic heterocycles. The highest BCUT2D eigenvalue weighted by Crippen LogP contribution is 2.28. The van der Waals surface area contributed by atoms with Crippen molar-refractivity contribution in [2.24, 2.45) is 17.8 Å². The van der Waals surface area contributed by atoms with Crippen LogP contribution in [0.15, 0.2) is 0 Å². The van der Waals surface area contributed by atoms with Crippen molar-refractivity contribution < 1.29 is 19.4 Å². The van der Waals surface area contributed by atoms with Crippen LogP contribution in [0.3, 0.4) is 0 Å². The topological polar surface area (TPSA) is 70.1 Å². The van der Waals surface area contributed by atoms with Crippen LogP contribution in [0.2, 0.25) is 0 Å². The fraction of sp³-hybridized carbons (Fsp3) is 0.889. The summed E-state index contributed by atoms with van der Waals surface area (Å²) in [5, 5.41) is 9.49. The number of carbonyl (C=O) groups is 2. The molecule has 0 aliphatic carbocycles. The molecule has 0 aromatic heterocycles. The molecule has 138 valence electrons. The zero-order chi connectivity index (χ0) is 18.1. The van der Waals surface area contributed by atoms with Crippen molar-refractivity contribution in [2.45, 2.75) is 59.1 Å². The summed E-state index contributed by atoms with van der Waals surface area (Å²) in [5.41, 5.74) is -0.573. The quantitative estimate of drug-likeness (QED) is 0.837. The number of aliphatic carboxylic acids is 1. The number of nitrogens with zero attached hydrogens (tertiary/aromatic N) is 2. The molecule has 1 amide bonds. The molecule has 0 aromatic rings. The van der Waals surface area contributed by atoms with Gasteiger partial charge in [0.1, 0.15) is 5.60 Å². The fourth-order valence-electron chi connectivity index (χ4n) is 4.00. The number of carboxylic acid groups (broad SMARTS) is 1. The number of carbonyl (C=O) groups excluding carboxylic acids is 1. The largest absolute Gasteiger partial charge is 0.481 e. The highest BCUT2D eigenvalue weighted by Gasteiger charge is 2.39. The van der Waals surface area contributed by atoms with E-state index in [-0.39, 0.29) is 12.6 Å². The van der Waals surface area contributed by atoms with Crippen LogP contribution in [0.4, 0.5) is 4.79 Å². The summed E-state index contributed by atoms with van der Waals surface area (Å²) >= 11 is 0. The molecule has 0 spiro atoms. The van der Waals surface area contributed by atoms with E-state index in [2.05, 4.69) is 18.7 Å². The Balaban J connectivity index is 2.10. The van der Waals surface area contributed by atoms with Gasteiger partial charge in [-0.1, -0.05) is 13.8 Å². The van der Waals surface area contributed by atoms with Crippen LogP contribution in [0.25, 0.3) is 0 Å². The average Bonchev–Trinajstić information content (AvgIpc) is 2.43. The van der Waals surface area contributed by atoms with Crippen LogP contribution >= 0.6 is 0 Å². The van der Waals surface area contributed by atoms with E-state index in [4.69, 9.17) is 4.74 Å². The van der Waals surface area contributed by atoms with Crippen molar-refractivity contribution in [2.75, 3.05) is 26.2 Å². The van der Waals surface area contributed by atoms with Crippen molar-refractivity contribution in [3.8, 4) is 0 Å². The maximum absolute atomic E-state index is 12.4. The number of ether oxygens (including phenoxy) is 1. The Bertz CT molecular complexity index is 464. The molecule has 24 heavy (non-hydrogen) atoms. The van der Waals surface area contributed by atoms with E-state index in [0.29, 0.717) is 24.8 Å². The lowest BCUT2D eigenvalue weighted by molar-refractivity contribution is -0.144. The van der Waals surface area contributed by atoms with Crippen LogP contribution in [0, 0.1) is 17.8 Å². The minimum absolute atomic E-state index is 0.0950. The van der Waals surface area contributed by atoms with Gasteiger partial charge in [-0.05, 0) is 45.4 Å². The van der Waals surface area contributed by atoms with Gasteiger partial charge in [0.05, 0.1) is 5.92 Å². The summed E-state index contributed by atoms with van der Waals surface area (Å²) in [4.78, 5) is 28.0. The summed E-state index contributed by atoms with van der Waals surface area (Å²) in [6.45, 7) is 12.7. The highest BCUT2D eigenvalue weighted by molar-refractivity contribution is 5.73. The Kier molecular flexibility index (Phi) is 5.78. The third-order valence-electron chi connectivity index (χ3n) is 4.84. The summed E-state index contributed by atoms with van der Waals surface area (Å²) in [7, 11) is 0. The second kappa shape index (κ2) is 7.30. The molecule has 2 rings (SSSR count). The average molecular weight is 340 g/mol. The number of likely N-dealkylation sites (tertiary alicyclic amines) is 2. The van der Waals surface area contributed by atoms with Crippen LogP contribution in [-0.4, -0.2) is 64.8 Å². The normalized spacial score (nSPS) is 32.5. The Morgan fingerprint density at radius 2 is 1.58 bits per heavy atom. The first-order valence-corrected chi connectivity index (χ1v) is 9.00. The summed E-state index contributed by atoms with van der Waals surface area (Å²) in [6.07, 6.45) is 1.41. The minimum Gasteiger partial charge on any atom is -0.481 e. The van der Waals surface area contributed by atoms with Crippen LogP contribution in [-0.2, 0) is 9.53 Å². The molecule has 2 fully saturated rings. The van der Waals surface area contributed by atoms with Crippen molar-refractivity contribution in [3.63, 3.8) is 0 Å². The molecule has 2 aliphatic rings. The van der Waals surface area contributed by atoms with Gasteiger partial charge in [-0.15, -0.1) is 0 Å². The van der Waals surface area contributed by atoms with Gasteiger partial charge < -0.3 is 14.7 Å². The SMILES string of the molecule is C[C@@H]1C[C@H](C)CN([C@@H]2C[C@@H](C(=O)O)CN(C(=O)OC(C)(C)C)C2)C1. The lowest BCUT2D eigenvalue weighted by atomic mass is 9.87. The number of hydrogen-bond acceptors (Lipinski definition) is 4. The predicted octanol–water partition coefficient (Wildman–Crippen LogP) is 2.67. The van der Waals surface area contributed by atoms with E-state index in [0.717, 1.165) is 13.1 Å². The molecule has 2 heterocycles. The molecular formula is C18H32N2O4. The summed E-state index contributed by atoms with van der Waals surface area (Å²) in [6, 6.07) is 0.0950. The fourth-order valence-corrected chi connectivity index (χ4v) is 4.00. The van der Waals surface area contributed by atoms with E-state index in [1.807, 2.05) is 20.8 Å². The lowest BCUT2D eigenvalue weighted by Gasteiger charge is -2.45. The van der Waals surface area contributed by atoms with Crippen molar-refractivity contribution in [1.29, 1.82) is 0 Å². The number of amides is 1. The number of piperidine rings is 2. The summed E-state index contributed by atoms with van der Waals surface area (Å²) in [5.74, 6) is -0.141. The first-order valence-electron chi connectivity index (χ1n) is 9.00. The number of carboxylic acids is 1. The molecular weight excluding hydrogens is 308 g/mol. The maximum atomic E-state index is 12.4. The van der Waals surface area contributed by atoms with E-state index >= 15 is 0 Å². The van der Waals surface area contributed by atoms with Gasteiger partial charge in [0.2, 0.25) is 0 Å². The van der Waals surface area contributed by atoms with Gasteiger partial charge in [-0.2, -0.15) is 0 Å². The number of hydrogen-bond donors (Lipinski definition) is 1. The van der Waals surface area contributed by atoms with E-state index in [9.17, 15) is 14.7 Å². The highest BCUT2D eigenvalue weighted by atomic mass is 16.6. The monoisotopic (exact) mass is 340 g/mol. The van der Waals surface area contributed by atoms with Gasteiger partial charge in [0, 0.05) is 32.2 Å². The molecule has 6 nitrogen and oxygen atoms in total. The molecule has 1 N–H and O–H groups in total. The van der Waals surface area contributed by atoms with Crippen molar-refractivity contribution >= 4 is 12.1 Å². The molecule has 0 saturated carbocycles. The van der Waals surface area contributed by atoms with E-state index in [1.54, 1.807) is 4.90 Å². The molecule has 0 aromatic carbocycles. The Morgan fingerprint density at radius 3 is 2.08 bits per heavy atom. The Labute approximate surface area is 145 Å². The van der Waals surface area contributed by atoms with Gasteiger partial charge >= 0.3 is 12.1 Å². The van der Waals surface area contributed by atoms with Gasteiger partial charge in [-0.25, -0.2) is 4.79 Å². The van der Waals surface area contributed by atoms with Crippen LogP contribution in [0.1, 0.15) is 47.5 Å². The molecule has 2 saturated heterocycles. The minimum atomic E-state index is -0.827. The number of rotatable bonds is 2. The molecule has 4 atom stereocenters. The van der Waals surface area contributed by atoms with Crippen molar-refractivity contribution in [3.05, 3.63) is 0 Å². The smallest absolute Gasteiger partial charge is 0.410 e. The maximum Gasteiger partial charge on any atom is 0.410 e. The standard InChI is InChI=1S/C18H32N2O4/c1-12-6-13(2)9-19(8-12)15-7-14(16(21)22)10-20(11-15)17(23)24-18(3,4)5/h12-15H,6-11H2,1-5H3,(H,21,22)/t12-,13+,14-,15-/m1/s1. The Hall–Kier alpha value is -1.30. The Morgan fingerprint density at radius 1 is 1.00 bits per heavy atom. The van der Waals surface area contributed by atoms with Crippen LogP contribution in [0.5, 0.6) is 0 Å². The third kappa shape index (κ3) is 5.10. The van der Waals surface area contributed by atoms with Crippen molar-refractivity contribution in [1.82, 2.24) is 9.80 Å². The molecule has 0 bridgehead atoms. The third-order valence-corrected chi connectivity index (χ3v) is 4.84. The molecule has 0 radical (unpaired) electrons. The van der Waals surface area contributed by atoms with Crippen LogP contribution < -0.4 is 0 Å². The first-order chi connectivity index (χ1) is 11.0. The lowest BCUT2D eigenvalue weighted by Crippen LogP contribution is -2.57. The first kappa shape index (κ1) is 19.0. The second-order valence-corrected chi connectivity index (χ2v) is 8.71. The van der Waals surface area contributed by atoms with Gasteiger partial charge in [0.15, 0.2) is 0 Å². The molecule has 6 heteroatoms. The second-order valence-electron chi connectivity index (χ2n) is 8.71. The van der Waals surface area contributed by atoms with Gasteiger partial charge in [0.25, 0.3) is 0 Å². The van der Waals surface area contributed by atoms with E-state index in [1.165, 1.54) is 6.42 Å². The zero-order valence-corrected chi connectivity index (χ0v) is 15.6. The van der Waals surface area contributed by atoms with E-state index < -0.39 is 23.6 Å². The zero-order valence-electron chi connectivity index (χ0n) is 15.6. The predicted molar refractivity (Wildman–Crippen MR) is 91.9 cm³/mol.